The van der Waals surface area contributed by atoms with Gasteiger partial charge in [0.15, 0.2) is 6.10 Å². The van der Waals surface area contributed by atoms with Gasteiger partial charge < -0.3 is 14.6 Å². The number of aliphatic hydroxyl groups is 1. The number of carbonyl (C=O) groups is 2. The lowest BCUT2D eigenvalue weighted by Gasteiger charge is -2.15. The first-order chi connectivity index (χ1) is 37.6. The minimum atomic E-state index is -0.779. The van der Waals surface area contributed by atoms with Crippen LogP contribution < -0.4 is 0 Å². The van der Waals surface area contributed by atoms with Gasteiger partial charge in [0.1, 0.15) is 6.61 Å². The third-order valence-corrected chi connectivity index (χ3v) is 14.4. The zero-order valence-corrected chi connectivity index (χ0v) is 50.3. The van der Waals surface area contributed by atoms with Crippen LogP contribution >= 0.6 is 0 Å². The molecule has 1 N–H and O–H groups in total. The van der Waals surface area contributed by atoms with Crippen molar-refractivity contribution in [2.24, 2.45) is 0 Å². The second-order valence-electron chi connectivity index (χ2n) is 21.8. The van der Waals surface area contributed by atoms with E-state index in [1.807, 2.05) is 0 Å². The van der Waals surface area contributed by atoms with E-state index in [-0.39, 0.29) is 25.2 Å². The molecule has 0 aliphatic heterocycles. The normalized spacial score (nSPS) is 12.8. The van der Waals surface area contributed by atoms with Crippen LogP contribution in [0.5, 0.6) is 0 Å². The van der Waals surface area contributed by atoms with Crippen LogP contribution in [0.25, 0.3) is 0 Å². The van der Waals surface area contributed by atoms with Crippen molar-refractivity contribution in [1.82, 2.24) is 0 Å². The fraction of sp³-hybridized carbons (Fsp3) is 0.746. The third-order valence-electron chi connectivity index (χ3n) is 14.4. The fourth-order valence-corrected chi connectivity index (χ4v) is 9.52. The monoisotopic (exact) mass is 1060 g/mol. The van der Waals surface area contributed by atoms with Crippen molar-refractivity contribution in [3.63, 3.8) is 0 Å². The Hall–Kier alpha value is -3.18. The standard InChI is InChI=1S/C71H124O5/c1-3-5-7-9-11-13-15-17-19-21-23-25-27-29-31-32-33-34-35-36-37-38-40-42-44-46-48-50-52-54-56-58-60-62-64-66-71(74)76-69(67-72)68-75-70(73)65-63-61-59-57-55-53-51-49-47-45-43-41-39-30-28-26-24-22-20-18-16-14-12-10-8-6-4-2/h5,7,11,13,17,19,23,25,29,31,33-34,36-37,40,42,69,72H,3-4,6,8-10,12,14-16,18,20-22,24,26-28,30,32,35,38-39,41,43-68H2,1-2H3/b7-5-,13-11-,19-17-,25-23-,31-29-,34-33-,37-36-,42-40-. The minimum Gasteiger partial charge on any atom is -0.462 e. The smallest absolute Gasteiger partial charge is 0.306 e. The summed E-state index contributed by atoms with van der Waals surface area (Å²) in [7, 11) is 0. The Morgan fingerprint density at radius 2 is 0.566 bits per heavy atom. The van der Waals surface area contributed by atoms with E-state index in [2.05, 4.69) is 111 Å². The van der Waals surface area contributed by atoms with Gasteiger partial charge in [0.25, 0.3) is 0 Å². The molecule has 5 nitrogen and oxygen atoms in total. The maximum absolute atomic E-state index is 12.3. The van der Waals surface area contributed by atoms with Gasteiger partial charge in [0.05, 0.1) is 6.61 Å². The summed E-state index contributed by atoms with van der Waals surface area (Å²) in [6.07, 6.45) is 94.1. The van der Waals surface area contributed by atoms with E-state index in [9.17, 15) is 14.7 Å². The summed E-state index contributed by atoms with van der Waals surface area (Å²) in [4.78, 5) is 24.6. The number of rotatable bonds is 60. The molecule has 0 aliphatic carbocycles. The van der Waals surface area contributed by atoms with E-state index in [0.29, 0.717) is 12.8 Å². The number of aliphatic hydroxyl groups excluding tert-OH is 1. The van der Waals surface area contributed by atoms with Gasteiger partial charge in [-0.25, -0.2) is 0 Å². The van der Waals surface area contributed by atoms with E-state index in [4.69, 9.17) is 9.47 Å². The summed E-state index contributed by atoms with van der Waals surface area (Å²) >= 11 is 0. The molecular weight excluding hydrogens is 933 g/mol. The molecule has 0 aromatic rings. The van der Waals surface area contributed by atoms with Crippen molar-refractivity contribution in [1.29, 1.82) is 0 Å². The first-order valence-electron chi connectivity index (χ1n) is 32.8. The second kappa shape index (κ2) is 66.1. The van der Waals surface area contributed by atoms with E-state index >= 15 is 0 Å². The molecule has 0 bridgehead atoms. The number of esters is 2. The number of allylic oxidation sites excluding steroid dienone is 16. The van der Waals surface area contributed by atoms with Gasteiger partial charge in [-0.05, 0) is 77.0 Å². The molecule has 0 aromatic heterocycles. The number of hydrogen-bond acceptors (Lipinski definition) is 5. The molecule has 0 fully saturated rings. The van der Waals surface area contributed by atoms with Gasteiger partial charge >= 0.3 is 11.9 Å². The van der Waals surface area contributed by atoms with E-state index < -0.39 is 6.10 Å². The molecule has 0 rings (SSSR count). The third kappa shape index (κ3) is 63.4. The van der Waals surface area contributed by atoms with Gasteiger partial charge in [-0.1, -0.05) is 329 Å². The van der Waals surface area contributed by atoms with Gasteiger partial charge in [-0.15, -0.1) is 0 Å². The molecule has 1 unspecified atom stereocenters. The van der Waals surface area contributed by atoms with E-state index in [0.717, 1.165) is 89.9 Å². The van der Waals surface area contributed by atoms with Crippen LogP contribution in [-0.2, 0) is 19.1 Å². The fourth-order valence-electron chi connectivity index (χ4n) is 9.52. The highest BCUT2D eigenvalue weighted by atomic mass is 16.6. The Bertz CT molecular complexity index is 1430. The topological polar surface area (TPSA) is 72.8 Å². The molecule has 0 aromatic carbocycles. The second-order valence-corrected chi connectivity index (χ2v) is 21.8. The summed E-state index contributed by atoms with van der Waals surface area (Å²) < 4.78 is 10.7. The zero-order valence-electron chi connectivity index (χ0n) is 50.3. The van der Waals surface area contributed by atoms with Crippen molar-refractivity contribution >= 4 is 11.9 Å². The van der Waals surface area contributed by atoms with Crippen LogP contribution in [0.3, 0.4) is 0 Å². The Labute approximate surface area is 472 Å². The first kappa shape index (κ1) is 72.8. The lowest BCUT2D eigenvalue weighted by Crippen LogP contribution is -2.28. The van der Waals surface area contributed by atoms with Crippen LogP contribution in [0.15, 0.2) is 97.2 Å². The maximum atomic E-state index is 12.3. The van der Waals surface area contributed by atoms with Crippen LogP contribution in [0.4, 0.5) is 0 Å². The van der Waals surface area contributed by atoms with E-state index in [1.165, 1.54) is 205 Å². The van der Waals surface area contributed by atoms with E-state index in [1.54, 1.807) is 0 Å². The van der Waals surface area contributed by atoms with Crippen molar-refractivity contribution in [2.75, 3.05) is 13.2 Å². The SMILES string of the molecule is CC/C=C\C/C=C\C/C=C\C/C=C\C/C=C\C/C=C\C/C=C\C/C=C\CCCCCCCCCCCCC(=O)OC(CO)COC(=O)CCCCCCCCCCCCCCCCCCCCCCCCCCCCC. The van der Waals surface area contributed by atoms with Gasteiger partial charge in [-0.3, -0.25) is 9.59 Å². The largest absolute Gasteiger partial charge is 0.462 e. The van der Waals surface area contributed by atoms with Gasteiger partial charge in [0, 0.05) is 12.8 Å². The minimum absolute atomic E-state index is 0.0677. The molecule has 0 saturated carbocycles. The highest BCUT2D eigenvalue weighted by Gasteiger charge is 2.16. The quantitative estimate of drug-likeness (QED) is 0.0373. The Balaban J connectivity index is 3.50. The Morgan fingerprint density at radius 1 is 0.316 bits per heavy atom. The van der Waals surface area contributed by atoms with Gasteiger partial charge in [-0.2, -0.15) is 0 Å². The molecule has 0 saturated heterocycles. The zero-order chi connectivity index (χ0) is 54.8. The molecular formula is C71H124O5. The molecule has 0 amide bonds. The maximum Gasteiger partial charge on any atom is 0.306 e. The lowest BCUT2D eigenvalue weighted by molar-refractivity contribution is -0.161. The number of ether oxygens (including phenoxy) is 2. The van der Waals surface area contributed by atoms with Crippen molar-refractivity contribution in [3.8, 4) is 0 Å². The number of hydrogen-bond donors (Lipinski definition) is 1. The van der Waals surface area contributed by atoms with Crippen molar-refractivity contribution < 1.29 is 24.2 Å². The predicted octanol–water partition coefficient (Wildman–Crippen LogP) is 22.6. The van der Waals surface area contributed by atoms with Crippen LogP contribution in [0.1, 0.15) is 322 Å². The molecule has 0 radical (unpaired) electrons. The summed E-state index contributed by atoms with van der Waals surface area (Å²) in [6, 6.07) is 0. The number of unbranched alkanes of at least 4 members (excludes halogenated alkanes) is 36. The van der Waals surface area contributed by atoms with Crippen LogP contribution in [0, 0.1) is 0 Å². The molecule has 5 heteroatoms. The predicted molar refractivity (Wildman–Crippen MR) is 334 cm³/mol. The number of carbonyl (C=O) groups excluding carboxylic acids is 2. The van der Waals surface area contributed by atoms with Crippen LogP contribution in [0.2, 0.25) is 0 Å². The average Bonchev–Trinajstić information content (AvgIpc) is 3.42. The van der Waals surface area contributed by atoms with Crippen LogP contribution in [-0.4, -0.2) is 36.4 Å². The summed E-state index contributed by atoms with van der Waals surface area (Å²) in [5, 5.41) is 9.69. The van der Waals surface area contributed by atoms with Crippen molar-refractivity contribution in [3.05, 3.63) is 97.2 Å². The molecule has 76 heavy (non-hydrogen) atoms. The average molecular weight is 1060 g/mol. The molecule has 1 atom stereocenters. The molecule has 0 aliphatic rings. The van der Waals surface area contributed by atoms with Gasteiger partial charge in [0.2, 0.25) is 0 Å². The Kier molecular flexibility index (Phi) is 63.3. The highest BCUT2D eigenvalue weighted by Crippen LogP contribution is 2.18. The lowest BCUT2D eigenvalue weighted by atomic mass is 10.0. The molecule has 0 heterocycles. The summed E-state index contributed by atoms with van der Waals surface area (Å²) in [5.74, 6) is -0.585. The Morgan fingerprint density at radius 3 is 0.855 bits per heavy atom. The highest BCUT2D eigenvalue weighted by molar-refractivity contribution is 5.70. The molecule has 438 valence electrons. The summed E-state index contributed by atoms with van der Waals surface area (Å²) in [5.41, 5.74) is 0. The van der Waals surface area contributed by atoms with Crippen molar-refractivity contribution in [2.45, 2.75) is 328 Å². The summed E-state index contributed by atoms with van der Waals surface area (Å²) in [6.45, 7) is 4.06. The molecule has 0 spiro atoms. The first-order valence-corrected chi connectivity index (χ1v) is 32.8.